The van der Waals surface area contributed by atoms with Crippen LogP contribution in [0.3, 0.4) is 0 Å². The van der Waals surface area contributed by atoms with Crippen LogP contribution in [0.1, 0.15) is 10.4 Å². The molecule has 7 heteroatoms. The van der Waals surface area contributed by atoms with Crippen molar-refractivity contribution < 1.29 is 18.7 Å². The summed E-state index contributed by atoms with van der Waals surface area (Å²) in [6.45, 7) is 0. The molecule has 0 atom stereocenters. The Morgan fingerprint density at radius 2 is 2.06 bits per heavy atom. The number of H-pyrrole nitrogens is 1. The average Bonchev–Trinajstić information content (AvgIpc) is 2.60. The van der Waals surface area contributed by atoms with E-state index < -0.39 is 28.7 Å². The molecular weight excluding hydrogens is 234 g/mol. The maximum atomic E-state index is 13.4. The zero-order valence-electron chi connectivity index (χ0n) is 8.28. The highest BCUT2D eigenvalue weighted by Gasteiger charge is 2.16. The van der Waals surface area contributed by atoms with Crippen LogP contribution in [-0.4, -0.2) is 20.9 Å². The molecule has 17 heavy (non-hydrogen) atoms. The van der Waals surface area contributed by atoms with Gasteiger partial charge < -0.3 is 5.11 Å². The SMILES string of the molecule is O=C(O)c1c[nH]n(-c2ccc(F)cc2F)c1=O. The number of nitrogens with one attached hydrogen (secondary N) is 1. The van der Waals surface area contributed by atoms with Crippen molar-refractivity contribution in [2.75, 3.05) is 0 Å². The standard InChI is InChI=1S/C10H6F2N2O3/c11-5-1-2-8(7(12)3-5)14-9(15)6(4-13-14)10(16)17/h1-4,13H,(H,16,17). The molecule has 1 aromatic carbocycles. The normalized spacial score (nSPS) is 10.5. The monoisotopic (exact) mass is 240 g/mol. The molecule has 0 bridgehead atoms. The van der Waals surface area contributed by atoms with Gasteiger partial charge in [-0.3, -0.25) is 9.89 Å². The minimum Gasteiger partial charge on any atom is -0.477 e. The fourth-order valence-electron chi connectivity index (χ4n) is 1.36. The minimum atomic E-state index is -1.42. The second-order valence-electron chi connectivity index (χ2n) is 3.23. The Hall–Kier alpha value is -2.44. The summed E-state index contributed by atoms with van der Waals surface area (Å²) in [7, 11) is 0. The van der Waals surface area contributed by atoms with Crippen molar-refractivity contribution in [1.29, 1.82) is 0 Å². The van der Waals surface area contributed by atoms with Gasteiger partial charge >= 0.3 is 5.97 Å². The summed E-state index contributed by atoms with van der Waals surface area (Å²) in [4.78, 5) is 22.2. The van der Waals surface area contributed by atoms with Crippen LogP contribution in [0.25, 0.3) is 5.69 Å². The molecule has 0 fully saturated rings. The number of aromatic carboxylic acids is 1. The van der Waals surface area contributed by atoms with Crippen molar-refractivity contribution in [3.05, 3.63) is 51.9 Å². The lowest BCUT2D eigenvalue weighted by Crippen LogP contribution is -2.20. The second kappa shape index (κ2) is 3.85. The molecule has 2 rings (SSSR count). The number of carboxylic acid groups (broad SMARTS) is 1. The van der Waals surface area contributed by atoms with Crippen LogP contribution in [0.15, 0.2) is 29.2 Å². The lowest BCUT2D eigenvalue weighted by Gasteiger charge is -2.02. The quantitative estimate of drug-likeness (QED) is 0.826. The maximum Gasteiger partial charge on any atom is 0.342 e. The number of aromatic nitrogens is 2. The lowest BCUT2D eigenvalue weighted by molar-refractivity contribution is 0.0695. The van der Waals surface area contributed by atoms with E-state index in [4.69, 9.17) is 5.11 Å². The predicted molar refractivity (Wildman–Crippen MR) is 53.3 cm³/mol. The molecule has 0 spiro atoms. The molecule has 0 saturated carbocycles. The van der Waals surface area contributed by atoms with Gasteiger partial charge in [0.2, 0.25) is 0 Å². The Kier molecular flexibility index (Phi) is 2.51. The van der Waals surface area contributed by atoms with Crippen LogP contribution in [0, 0.1) is 11.6 Å². The van der Waals surface area contributed by atoms with E-state index in [0.717, 1.165) is 18.3 Å². The van der Waals surface area contributed by atoms with Gasteiger partial charge in [0.15, 0.2) is 5.82 Å². The Morgan fingerprint density at radius 3 is 2.59 bits per heavy atom. The van der Waals surface area contributed by atoms with E-state index in [9.17, 15) is 18.4 Å². The third-order valence-electron chi connectivity index (χ3n) is 2.15. The van der Waals surface area contributed by atoms with Crippen molar-refractivity contribution in [2.24, 2.45) is 0 Å². The maximum absolute atomic E-state index is 13.4. The van der Waals surface area contributed by atoms with Gasteiger partial charge in [-0.1, -0.05) is 0 Å². The number of carbonyl (C=O) groups is 1. The number of rotatable bonds is 2. The number of halogens is 2. The Bertz CT molecular complexity index is 645. The molecule has 0 saturated heterocycles. The molecular formula is C10H6F2N2O3. The van der Waals surface area contributed by atoms with E-state index in [1.54, 1.807) is 0 Å². The summed E-state index contributed by atoms with van der Waals surface area (Å²) in [5.41, 5.74) is -1.68. The molecule has 2 aromatic rings. The smallest absolute Gasteiger partial charge is 0.342 e. The highest BCUT2D eigenvalue weighted by Crippen LogP contribution is 2.12. The highest BCUT2D eigenvalue weighted by molar-refractivity contribution is 5.86. The molecule has 0 aliphatic rings. The molecule has 2 N–H and O–H groups in total. The van der Waals surface area contributed by atoms with Crippen LogP contribution in [-0.2, 0) is 0 Å². The van der Waals surface area contributed by atoms with E-state index in [1.165, 1.54) is 0 Å². The number of carboxylic acids is 1. The van der Waals surface area contributed by atoms with Crippen molar-refractivity contribution in [3.63, 3.8) is 0 Å². The van der Waals surface area contributed by atoms with E-state index in [1.807, 2.05) is 0 Å². The van der Waals surface area contributed by atoms with Crippen LogP contribution in [0.5, 0.6) is 0 Å². The fraction of sp³-hybridized carbons (Fsp3) is 0. The van der Waals surface area contributed by atoms with Crippen molar-refractivity contribution >= 4 is 5.97 Å². The van der Waals surface area contributed by atoms with E-state index in [-0.39, 0.29) is 5.69 Å². The zero-order valence-corrected chi connectivity index (χ0v) is 8.28. The number of benzene rings is 1. The fourth-order valence-corrected chi connectivity index (χ4v) is 1.36. The van der Waals surface area contributed by atoms with Crippen LogP contribution in [0.4, 0.5) is 8.78 Å². The Balaban J connectivity index is 2.62. The predicted octanol–water partition coefficient (Wildman–Crippen LogP) is 1.14. The molecule has 1 heterocycles. The van der Waals surface area contributed by atoms with E-state index in [0.29, 0.717) is 10.7 Å². The number of hydrogen-bond acceptors (Lipinski definition) is 2. The largest absolute Gasteiger partial charge is 0.477 e. The summed E-state index contributed by atoms with van der Waals surface area (Å²) in [5, 5.41) is 10.9. The summed E-state index contributed by atoms with van der Waals surface area (Å²) in [6.07, 6.45) is 0.938. The van der Waals surface area contributed by atoms with E-state index >= 15 is 0 Å². The number of nitrogens with zero attached hydrogens (tertiary/aromatic N) is 1. The third kappa shape index (κ3) is 1.82. The Labute approximate surface area is 92.9 Å². The second-order valence-corrected chi connectivity index (χ2v) is 3.23. The molecule has 0 amide bonds. The molecule has 0 unspecified atom stereocenters. The first-order valence-corrected chi connectivity index (χ1v) is 4.50. The van der Waals surface area contributed by atoms with Crippen molar-refractivity contribution in [3.8, 4) is 5.69 Å². The van der Waals surface area contributed by atoms with Gasteiger partial charge in [0.25, 0.3) is 5.56 Å². The van der Waals surface area contributed by atoms with Gasteiger partial charge in [0.1, 0.15) is 17.1 Å². The van der Waals surface area contributed by atoms with Gasteiger partial charge in [0, 0.05) is 12.3 Å². The zero-order chi connectivity index (χ0) is 12.6. The van der Waals surface area contributed by atoms with E-state index in [2.05, 4.69) is 5.10 Å². The van der Waals surface area contributed by atoms with Gasteiger partial charge in [0.05, 0.1) is 0 Å². The molecule has 0 aliphatic carbocycles. The average molecular weight is 240 g/mol. The topological polar surface area (TPSA) is 75.1 Å². The molecule has 5 nitrogen and oxygen atoms in total. The summed E-state index contributed by atoms with van der Waals surface area (Å²) < 4.78 is 26.7. The summed E-state index contributed by atoms with van der Waals surface area (Å²) in [6, 6.07) is 2.60. The summed E-state index contributed by atoms with van der Waals surface area (Å²) in [5.74, 6) is -3.18. The first kappa shape index (κ1) is 11.1. The third-order valence-corrected chi connectivity index (χ3v) is 2.15. The van der Waals surface area contributed by atoms with Gasteiger partial charge in [-0.25, -0.2) is 18.3 Å². The van der Waals surface area contributed by atoms with Gasteiger partial charge in [-0.15, -0.1) is 0 Å². The van der Waals surface area contributed by atoms with Crippen LogP contribution >= 0.6 is 0 Å². The number of aromatic amines is 1. The first-order valence-electron chi connectivity index (χ1n) is 4.50. The molecule has 1 aromatic heterocycles. The molecule has 88 valence electrons. The van der Waals surface area contributed by atoms with Crippen molar-refractivity contribution in [2.45, 2.75) is 0 Å². The molecule has 0 radical (unpaired) electrons. The first-order chi connectivity index (χ1) is 8.00. The highest BCUT2D eigenvalue weighted by atomic mass is 19.1. The molecule has 0 aliphatic heterocycles. The van der Waals surface area contributed by atoms with Gasteiger partial charge in [-0.2, -0.15) is 0 Å². The summed E-state index contributed by atoms with van der Waals surface area (Å²) >= 11 is 0. The van der Waals surface area contributed by atoms with Crippen molar-refractivity contribution in [1.82, 2.24) is 9.78 Å². The minimum absolute atomic E-state index is 0.246. The van der Waals surface area contributed by atoms with Gasteiger partial charge in [-0.05, 0) is 12.1 Å². The number of hydrogen-bond donors (Lipinski definition) is 2. The van der Waals surface area contributed by atoms with Crippen LogP contribution in [0.2, 0.25) is 0 Å². The lowest BCUT2D eigenvalue weighted by atomic mass is 10.3. The van der Waals surface area contributed by atoms with Crippen LogP contribution < -0.4 is 5.56 Å². The Morgan fingerprint density at radius 1 is 1.35 bits per heavy atom.